The monoisotopic (exact) mass is 376 g/mol. The third-order valence-corrected chi connectivity index (χ3v) is 4.60. The number of nitrogens with one attached hydrogen (secondary N) is 2. The fraction of sp³-hybridized carbons (Fsp3) is 0.526. The molecule has 1 aliphatic heterocycles. The minimum atomic E-state index is -1.47. The molecule has 0 aliphatic carbocycles. The first kappa shape index (κ1) is 21.2. The standard InChI is InChI=1S/C19H28N4O4/c24-14-19(15-25)13-21-7-6-20-8-9-22(10-11-23(19)16-26)17-27-12-18-4-2-1-3-5-18/h1-5,14-16,20-21H,6-13,17H2. The number of aldehydes is 2. The van der Waals surface area contributed by atoms with Crippen molar-refractivity contribution in [2.24, 2.45) is 0 Å². The lowest BCUT2D eigenvalue weighted by Gasteiger charge is -2.35. The van der Waals surface area contributed by atoms with Crippen LogP contribution in [0, 0.1) is 0 Å². The van der Waals surface area contributed by atoms with Crippen molar-refractivity contribution in [1.29, 1.82) is 0 Å². The van der Waals surface area contributed by atoms with Gasteiger partial charge in [-0.2, -0.15) is 0 Å². The topological polar surface area (TPSA) is 91.0 Å². The Labute approximate surface area is 159 Å². The third-order valence-electron chi connectivity index (χ3n) is 4.60. The van der Waals surface area contributed by atoms with Crippen molar-refractivity contribution in [3.63, 3.8) is 0 Å². The maximum atomic E-state index is 11.6. The molecule has 27 heavy (non-hydrogen) atoms. The Kier molecular flexibility index (Phi) is 9.06. The maximum absolute atomic E-state index is 11.6. The molecule has 1 fully saturated rings. The molecule has 0 aromatic heterocycles. The van der Waals surface area contributed by atoms with E-state index in [1.165, 1.54) is 4.90 Å². The summed E-state index contributed by atoms with van der Waals surface area (Å²) in [5, 5.41) is 6.37. The van der Waals surface area contributed by atoms with Gasteiger partial charge in [0.25, 0.3) is 0 Å². The molecular weight excluding hydrogens is 348 g/mol. The Morgan fingerprint density at radius 3 is 2.41 bits per heavy atom. The Hall–Kier alpha value is -2.13. The molecule has 1 aliphatic rings. The van der Waals surface area contributed by atoms with Crippen molar-refractivity contribution < 1.29 is 19.1 Å². The van der Waals surface area contributed by atoms with Crippen molar-refractivity contribution in [1.82, 2.24) is 20.4 Å². The molecule has 1 aromatic carbocycles. The van der Waals surface area contributed by atoms with Crippen LogP contribution in [-0.4, -0.2) is 86.9 Å². The molecule has 1 saturated heterocycles. The molecule has 1 heterocycles. The molecule has 148 valence electrons. The van der Waals surface area contributed by atoms with E-state index in [0.29, 0.717) is 52.0 Å². The van der Waals surface area contributed by atoms with Gasteiger partial charge in [0.1, 0.15) is 0 Å². The van der Waals surface area contributed by atoms with E-state index < -0.39 is 5.54 Å². The molecule has 0 saturated carbocycles. The number of hydrogen-bond acceptors (Lipinski definition) is 7. The molecule has 0 unspecified atom stereocenters. The van der Waals surface area contributed by atoms with E-state index in [-0.39, 0.29) is 13.1 Å². The van der Waals surface area contributed by atoms with E-state index in [1.807, 2.05) is 30.3 Å². The Bertz CT molecular complexity index is 576. The quantitative estimate of drug-likeness (QED) is 0.478. The molecule has 2 rings (SSSR count). The SMILES string of the molecule is O=CN1CCN(COCc2ccccc2)CCNCCNCC1(C=O)C=O. The molecule has 0 radical (unpaired) electrons. The molecule has 8 nitrogen and oxygen atoms in total. The van der Waals surface area contributed by atoms with Gasteiger partial charge in [0.05, 0.1) is 13.3 Å². The van der Waals surface area contributed by atoms with Crippen LogP contribution in [0.25, 0.3) is 0 Å². The lowest BCUT2D eigenvalue weighted by Crippen LogP contribution is -2.59. The van der Waals surface area contributed by atoms with Crippen LogP contribution in [0.15, 0.2) is 30.3 Å². The first-order chi connectivity index (χ1) is 13.2. The Morgan fingerprint density at radius 2 is 1.70 bits per heavy atom. The van der Waals surface area contributed by atoms with E-state index in [1.54, 1.807) is 0 Å². The molecule has 0 bridgehead atoms. The number of amides is 1. The molecule has 0 spiro atoms. The molecule has 8 heteroatoms. The highest BCUT2D eigenvalue weighted by Crippen LogP contribution is 2.09. The number of benzene rings is 1. The first-order valence-corrected chi connectivity index (χ1v) is 9.14. The minimum Gasteiger partial charge on any atom is -0.361 e. The van der Waals surface area contributed by atoms with Crippen LogP contribution in [-0.2, 0) is 25.7 Å². The lowest BCUT2D eigenvalue weighted by molar-refractivity contribution is -0.138. The van der Waals surface area contributed by atoms with Crippen molar-refractivity contribution >= 4 is 19.0 Å². The van der Waals surface area contributed by atoms with E-state index in [9.17, 15) is 14.4 Å². The van der Waals surface area contributed by atoms with Crippen molar-refractivity contribution in [2.45, 2.75) is 12.1 Å². The summed E-state index contributed by atoms with van der Waals surface area (Å²) in [6.45, 7) is 4.57. The van der Waals surface area contributed by atoms with Gasteiger partial charge in [-0.1, -0.05) is 30.3 Å². The van der Waals surface area contributed by atoms with Crippen molar-refractivity contribution in [3.05, 3.63) is 35.9 Å². The number of ether oxygens (including phenoxy) is 1. The minimum absolute atomic E-state index is 0.102. The van der Waals surface area contributed by atoms with Gasteiger partial charge in [0, 0.05) is 45.8 Å². The van der Waals surface area contributed by atoms with E-state index >= 15 is 0 Å². The maximum Gasteiger partial charge on any atom is 0.210 e. The van der Waals surface area contributed by atoms with E-state index in [0.717, 1.165) is 18.7 Å². The average molecular weight is 376 g/mol. The Balaban J connectivity index is 1.97. The summed E-state index contributed by atoms with van der Waals surface area (Å²) >= 11 is 0. The fourth-order valence-electron chi connectivity index (χ4n) is 2.89. The smallest absolute Gasteiger partial charge is 0.210 e. The van der Waals surface area contributed by atoms with Crippen LogP contribution in [0.3, 0.4) is 0 Å². The van der Waals surface area contributed by atoms with Gasteiger partial charge in [-0.3, -0.25) is 9.69 Å². The van der Waals surface area contributed by atoms with Crippen LogP contribution < -0.4 is 10.6 Å². The number of hydrogen-bond donors (Lipinski definition) is 2. The molecule has 1 amide bonds. The predicted molar refractivity (Wildman–Crippen MR) is 101 cm³/mol. The van der Waals surface area contributed by atoms with Crippen LogP contribution in [0.1, 0.15) is 5.56 Å². The number of rotatable bonds is 7. The largest absolute Gasteiger partial charge is 0.361 e. The molecular formula is C19H28N4O4. The lowest BCUT2D eigenvalue weighted by atomic mass is 10.0. The summed E-state index contributed by atoms with van der Waals surface area (Å²) in [6.07, 6.45) is 1.64. The number of carbonyl (C=O) groups excluding carboxylic acids is 3. The number of carbonyl (C=O) groups is 3. The second kappa shape index (κ2) is 11.6. The fourth-order valence-corrected chi connectivity index (χ4v) is 2.89. The second-order valence-corrected chi connectivity index (χ2v) is 6.53. The molecule has 2 N–H and O–H groups in total. The average Bonchev–Trinajstić information content (AvgIpc) is 2.71. The van der Waals surface area contributed by atoms with Crippen LogP contribution in [0.4, 0.5) is 0 Å². The van der Waals surface area contributed by atoms with Crippen LogP contribution in [0.5, 0.6) is 0 Å². The van der Waals surface area contributed by atoms with Gasteiger partial charge in [0.15, 0.2) is 18.1 Å². The second-order valence-electron chi connectivity index (χ2n) is 6.53. The van der Waals surface area contributed by atoms with Crippen LogP contribution in [0.2, 0.25) is 0 Å². The highest BCUT2D eigenvalue weighted by molar-refractivity contribution is 5.92. The van der Waals surface area contributed by atoms with E-state index in [2.05, 4.69) is 15.5 Å². The van der Waals surface area contributed by atoms with Gasteiger partial charge in [-0.25, -0.2) is 0 Å². The molecule has 1 aromatic rings. The highest BCUT2D eigenvalue weighted by Gasteiger charge is 2.35. The van der Waals surface area contributed by atoms with Gasteiger partial charge in [-0.05, 0) is 5.56 Å². The summed E-state index contributed by atoms with van der Waals surface area (Å²) < 4.78 is 5.80. The zero-order valence-corrected chi connectivity index (χ0v) is 15.5. The van der Waals surface area contributed by atoms with Gasteiger partial charge < -0.3 is 29.9 Å². The summed E-state index contributed by atoms with van der Waals surface area (Å²) in [5.41, 5.74) is -0.385. The highest BCUT2D eigenvalue weighted by atomic mass is 16.5. The van der Waals surface area contributed by atoms with E-state index in [4.69, 9.17) is 4.74 Å². The van der Waals surface area contributed by atoms with Gasteiger partial charge in [-0.15, -0.1) is 0 Å². The van der Waals surface area contributed by atoms with Gasteiger partial charge >= 0.3 is 0 Å². The summed E-state index contributed by atoms with van der Waals surface area (Å²) in [6, 6.07) is 9.89. The molecule has 0 atom stereocenters. The normalized spacial score (nSPS) is 19.5. The first-order valence-electron chi connectivity index (χ1n) is 9.14. The van der Waals surface area contributed by atoms with Crippen molar-refractivity contribution in [2.75, 3.05) is 52.5 Å². The number of nitrogens with zero attached hydrogens (tertiary/aromatic N) is 2. The summed E-state index contributed by atoms with van der Waals surface area (Å²) in [4.78, 5) is 38.0. The zero-order valence-electron chi connectivity index (χ0n) is 15.5. The van der Waals surface area contributed by atoms with Gasteiger partial charge in [0.2, 0.25) is 6.41 Å². The van der Waals surface area contributed by atoms with Crippen LogP contribution >= 0.6 is 0 Å². The summed E-state index contributed by atoms with van der Waals surface area (Å²) in [5.74, 6) is 0. The Morgan fingerprint density at radius 1 is 0.963 bits per heavy atom. The van der Waals surface area contributed by atoms with Crippen molar-refractivity contribution in [3.8, 4) is 0 Å². The zero-order chi connectivity index (χ0) is 19.4. The third kappa shape index (κ3) is 6.51. The predicted octanol–water partition coefficient (Wildman–Crippen LogP) is -0.749. The summed E-state index contributed by atoms with van der Waals surface area (Å²) in [7, 11) is 0.